The van der Waals surface area contributed by atoms with Crippen LogP contribution in [0.1, 0.15) is 58.6 Å². The normalized spacial score (nSPS) is 12.1. The first-order chi connectivity index (χ1) is 34.5. The van der Waals surface area contributed by atoms with Crippen LogP contribution in [0.25, 0.3) is 89.3 Å². The van der Waals surface area contributed by atoms with E-state index in [2.05, 4.69) is 159 Å². The first kappa shape index (κ1) is 48.5. The largest absolute Gasteiger partial charge is 0.486 e. The average molecular weight is 1140 g/mol. The molecule has 4 aromatic heterocycles. The maximum atomic E-state index is 13.7. The fourth-order valence-electron chi connectivity index (χ4n) is 9.35. The van der Waals surface area contributed by atoms with Gasteiger partial charge in [-0.15, -0.1) is 54.1 Å². The Morgan fingerprint density at radius 3 is 1.96 bits per heavy atom. The fourth-order valence-corrected chi connectivity index (χ4v) is 10.9. The Morgan fingerprint density at radius 1 is 0.681 bits per heavy atom. The summed E-state index contributed by atoms with van der Waals surface area (Å²) in [5, 5.41) is 3.11. The van der Waals surface area contributed by atoms with E-state index in [1.54, 1.807) is 12.1 Å². The van der Waals surface area contributed by atoms with Crippen molar-refractivity contribution in [2.45, 2.75) is 72.1 Å². The van der Waals surface area contributed by atoms with E-state index in [1.807, 2.05) is 74.6 Å². The third-order valence-corrected chi connectivity index (χ3v) is 15.2. The summed E-state index contributed by atoms with van der Waals surface area (Å²) in [5.41, 5.74) is 15.5. The Morgan fingerprint density at radius 2 is 1.33 bits per heavy atom. The maximum absolute atomic E-state index is 13.7. The van der Waals surface area contributed by atoms with Crippen LogP contribution >= 0.6 is 0 Å². The molecule has 0 aliphatic carbocycles. The predicted molar refractivity (Wildman–Crippen MR) is 295 cm³/mol. The van der Waals surface area contributed by atoms with Crippen LogP contribution < -0.4 is 5.19 Å². The minimum atomic E-state index is -1.50. The summed E-state index contributed by atoms with van der Waals surface area (Å²) in [7, 11) is -1.50. The molecule has 1 radical (unpaired) electrons. The first-order valence-electron chi connectivity index (χ1n) is 24.7. The van der Waals surface area contributed by atoms with Gasteiger partial charge in [0.25, 0.3) is 0 Å². The third kappa shape index (κ3) is 10.2. The van der Waals surface area contributed by atoms with Crippen molar-refractivity contribution in [3.05, 3.63) is 217 Å². The number of aromatic nitrogens is 4. The van der Waals surface area contributed by atoms with Crippen molar-refractivity contribution in [2.24, 2.45) is 0 Å². The van der Waals surface area contributed by atoms with Gasteiger partial charge in [-0.3, -0.25) is 4.98 Å². The van der Waals surface area contributed by atoms with Gasteiger partial charge in [-0.2, -0.15) is 0 Å². The van der Waals surface area contributed by atoms with Crippen molar-refractivity contribution < 1.29 is 30.3 Å². The van der Waals surface area contributed by atoms with Crippen LogP contribution in [-0.2, 0) is 32.1 Å². The second-order valence-electron chi connectivity index (χ2n) is 20.4. The fraction of sp³-hybridized carbons (Fsp3) is 0.172. The number of imidazole rings is 1. The van der Waals surface area contributed by atoms with E-state index in [0.717, 1.165) is 55.6 Å². The van der Waals surface area contributed by atoms with Gasteiger partial charge in [-0.1, -0.05) is 162 Å². The van der Waals surface area contributed by atoms with Crippen molar-refractivity contribution in [1.82, 2.24) is 19.5 Å². The minimum absolute atomic E-state index is 0. The Hall–Kier alpha value is -7.09. The standard InChI is InChI=1S/C47H35FN3O.C17H22NSi.Ir/c1-47(2,3)33-27-38(30-13-6-4-7-14-30)40(39(28-33)31-15-8-5-9-16-31)29-51-43-20-11-10-19-42(43)49-45(51)37-18-12-17-35-36-25-26-41(50-46(36)52-44(35)37)32-21-23-34(48)24-22-32;1-13(2)15-11-16(14-9-7-6-8-10-14)18-12-17(15)19(3,4)5;/h4-17,19-28H,29H2,1-3H3;6-9,11-13H,1-5H3;/q2*-1;/i;13D;. The van der Waals surface area contributed by atoms with Gasteiger partial charge in [-0.05, 0) is 104 Å². The van der Waals surface area contributed by atoms with E-state index < -0.39 is 14.0 Å². The number of hydrogen-bond donors (Lipinski definition) is 0. The van der Waals surface area contributed by atoms with Gasteiger partial charge in [0.05, 0.1) is 36.2 Å². The summed E-state index contributed by atoms with van der Waals surface area (Å²) in [6.07, 6.45) is 1.98. The molecular weight excluding hydrogens is 1080 g/mol. The van der Waals surface area contributed by atoms with Crippen molar-refractivity contribution >= 4 is 46.4 Å². The summed E-state index contributed by atoms with van der Waals surface area (Å²) >= 11 is 0. The number of fused-ring (bicyclic) bond motifs is 4. The van der Waals surface area contributed by atoms with Gasteiger partial charge in [-0.25, -0.2) is 9.37 Å². The Balaban J connectivity index is 0.000000264. The number of rotatable bonds is 9. The zero-order valence-electron chi connectivity index (χ0n) is 42.9. The van der Waals surface area contributed by atoms with E-state index in [4.69, 9.17) is 15.8 Å². The molecule has 0 fully saturated rings. The molecule has 0 amide bonds. The van der Waals surface area contributed by atoms with Gasteiger partial charge in [0.2, 0.25) is 5.71 Å². The third-order valence-electron chi connectivity index (χ3n) is 13.2. The average Bonchev–Trinajstić information content (AvgIpc) is 3.94. The quantitative estimate of drug-likeness (QED) is 0.107. The molecule has 7 aromatic carbocycles. The van der Waals surface area contributed by atoms with Crippen LogP contribution in [0.3, 0.4) is 0 Å². The number of para-hydroxylation sites is 2. The predicted octanol–water partition coefficient (Wildman–Crippen LogP) is 16.5. The molecule has 0 spiro atoms. The van der Waals surface area contributed by atoms with Gasteiger partial charge in [0, 0.05) is 45.2 Å². The van der Waals surface area contributed by atoms with Gasteiger partial charge in [0.15, 0.2) is 0 Å². The molecule has 0 bridgehead atoms. The van der Waals surface area contributed by atoms with Crippen LogP contribution in [0.4, 0.5) is 4.39 Å². The molecule has 8 heteroatoms. The van der Waals surface area contributed by atoms with Crippen LogP contribution in [0, 0.1) is 17.9 Å². The summed E-state index contributed by atoms with van der Waals surface area (Å²) in [4.78, 5) is 14.7. The van der Waals surface area contributed by atoms with Crippen molar-refractivity contribution in [1.29, 1.82) is 0 Å². The molecule has 11 rings (SSSR count). The second-order valence-corrected chi connectivity index (χ2v) is 25.5. The Labute approximate surface area is 438 Å². The summed E-state index contributed by atoms with van der Waals surface area (Å²) < 4.78 is 31.0. The molecule has 4 heterocycles. The molecule has 72 heavy (non-hydrogen) atoms. The minimum Gasteiger partial charge on any atom is -0.486 e. The molecule has 0 aliphatic heterocycles. The molecule has 0 saturated carbocycles. The number of furan rings is 1. The second kappa shape index (κ2) is 20.6. The van der Waals surface area contributed by atoms with Gasteiger partial charge in [0.1, 0.15) is 5.82 Å². The van der Waals surface area contributed by atoms with Crippen LogP contribution in [0.15, 0.2) is 187 Å². The molecule has 0 saturated heterocycles. The summed E-state index contributed by atoms with van der Waals surface area (Å²) in [6.45, 7) is 18.2. The molecule has 0 atom stereocenters. The SMILES string of the molecule is CC(C)(C)c1cc(-c2ccccc2)c(Cn2c(-c3[c-]ccc4c3oc3nc(-c5ccc(F)cc5)ccc34)nc3ccccc32)c(-c2ccccc2)c1.[2H]C(C)(C)c1cc(-c2[c-]cccc2)ncc1[Si](C)(C)C.[Ir]. The zero-order chi connectivity index (χ0) is 50.4. The molecule has 11 aromatic rings. The Kier molecular flexibility index (Phi) is 13.9. The van der Waals surface area contributed by atoms with Crippen molar-refractivity contribution in [2.75, 3.05) is 0 Å². The van der Waals surface area contributed by atoms with Crippen LogP contribution in [0.2, 0.25) is 19.6 Å². The van der Waals surface area contributed by atoms with Crippen molar-refractivity contribution in [3.63, 3.8) is 0 Å². The molecule has 0 aliphatic rings. The maximum Gasteiger partial charge on any atom is 0.216 e. The zero-order valence-corrected chi connectivity index (χ0v) is 45.3. The number of nitrogens with zero attached hydrogens (tertiary/aromatic N) is 4. The van der Waals surface area contributed by atoms with E-state index in [-0.39, 0.29) is 31.3 Å². The van der Waals surface area contributed by atoms with Crippen molar-refractivity contribution in [3.8, 4) is 56.2 Å². The van der Waals surface area contributed by atoms with E-state index in [1.165, 1.54) is 50.7 Å². The Bertz CT molecular complexity index is 3660. The van der Waals surface area contributed by atoms with E-state index in [0.29, 0.717) is 23.5 Å². The van der Waals surface area contributed by atoms with Gasteiger partial charge >= 0.3 is 0 Å². The molecule has 5 nitrogen and oxygen atoms in total. The number of benzene rings is 7. The monoisotopic (exact) mass is 1140 g/mol. The summed E-state index contributed by atoms with van der Waals surface area (Å²) in [5.74, 6) is -0.127. The number of hydrogen-bond acceptors (Lipinski definition) is 4. The van der Waals surface area contributed by atoms with Gasteiger partial charge < -0.3 is 14.0 Å². The molecular formula is C64H57FIrN4OSi-2. The van der Waals surface area contributed by atoms with E-state index in [9.17, 15) is 4.39 Å². The topological polar surface area (TPSA) is 56.7 Å². The smallest absolute Gasteiger partial charge is 0.216 e. The molecule has 361 valence electrons. The first-order valence-corrected chi connectivity index (χ1v) is 27.7. The van der Waals surface area contributed by atoms with Crippen LogP contribution in [0.5, 0.6) is 0 Å². The number of pyridine rings is 2. The number of halogens is 1. The van der Waals surface area contributed by atoms with Crippen LogP contribution in [-0.4, -0.2) is 27.6 Å². The summed E-state index contributed by atoms with van der Waals surface area (Å²) in [6, 6.07) is 65.3. The van der Waals surface area contributed by atoms with E-state index >= 15 is 0 Å². The molecule has 0 unspecified atom stereocenters. The molecule has 0 N–H and O–H groups in total.